The summed E-state index contributed by atoms with van der Waals surface area (Å²) >= 11 is 1.52. The highest BCUT2D eigenvalue weighted by atomic mass is 32.1. The van der Waals surface area contributed by atoms with Gasteiger partial charge in [0.25, 0.3) is 0 Å². The molecule has 0 unspecified atom stereocenters. The number of carbonyl (C=O) groups excluding carboxylic acids is 1. The van der Waals surface area contributed by atoms with Crippen molar-refractivity contribution < 1.29 is 14.3 Å². The number of nitrogens with zero attached hydrogens (tertiary/aromatic N) is 2. The predicted octanol–water partition coefficient (Wildman–Crippen LogP) is 7.08. The summed E-state index contributed by atoms with van der Waals surface area (Å²) in [6, 6.07) is 29.5. The SMILES string of the molecule is COc1ccc(C)c2sc(N(Cc3ccccc3)C(=O)C3c4ccccc4Oc4ccccc43)nc12. The zero-order chi connectivity index (χ0) is 24.6. The first-order valence-corrected chi connectivity index (χ1v) is 12.6. The Hall–Kier alpha value is -4.16. The van der Waals surface area contributed by atoms with Crippen LogP contribution in [0.2, 0.25) is 0 Å². The molecule has 6 rings (SSSR count). The summed E-state index contributed by atoms with van der Waals surface area (Å²) in [4.78, 5) is 21.3. The number of fused-ring (bicyclic) bond motifs is 3. The van der Waals surface area contributed by atoms with Crippen molar-refractivity contribution in [1.29, 1.82) is 0 Å². The van der Waals surface area contributed by atoms with Gasteiger partial charge in [-0.3, -0.25) is 9.69 Å². The maximum atomic E-state index is 14.6. The largest absolute Gasteiger partial charge is 0.494 e. The van der Waals surface area contributed by atoms with E-state index in [1.54, 1.807) is 7.11 Å². The quantitative estimate of drug-likeness (QED) is 0.263. The van der Waals surface area contributed by atoms with E-state index in [1.165, 1.54) is 11.3 Å². The monoisotopic (exact) mass is 492 g/mol. The molecule has 0 radical (unpaired) electrons. The second-order valence-electron chi connectivity index (χ2n) is 8.78. The number of hydrogen-bond acceptors (Lipinski definition) is 5. The molecule has 1 aliphatic heterocycles. The number of ether oxygens (including phenoxy) is 2. The number of aromatic nitrogens is 1. The summed E-state index contributed by atoms with van der Waals surface area (Å²) in [7, 11) is 1.64. The second kappa shape index (κ2) is 9.13. The normalized spacial score (nSPS) is 12.5. The Morgan fingerprint density at radius 2 is 1.56 bits per heavy atom. The number of carbonyl (C=O) groups is 1. The molecule has 2 heterocycles. The number of anilines is 1. The fourth-order valence-corrected chi connectivity index (χ4v) is 5.77. The first-order chi connectivity index (χ1) is 17.6. The average molecular weight is 493 g/mol. The van der Waals surface area contributed by atoms with Crippen LogP contribution in [0.5, 0.6) is 17.2 Å². The molecule has 6 heteroatoms. The van der Waals surface area contributed by atoms with Crippen LogP contribution in [0.15, 0.2) is 91.0 Å². The molecule has 1 aromatic heterocycles. The van der Waals surface area contributed by atoms with Gasteiger partial charge in [-0.15, -0.1) is 0 Å². The van der Waals surface area contributed by atoms with Crippen LogP contribution in [0.1, 0.15) is 28.2 Å². The first-order valence-electron chi connectivity index (χ1n) is 11.8. The lowest BCUT2D eigenvalue weighted by molar-refractivity contribution is -0.119. The molecule has 0 saturated carbocycles. The number of methoxy groups -OCH3 is 1. The molecule has 0 aliphatic carbocycles. The van der Waals surface area contributed by atoms with E-state index in [0.717, 1.165) is 32.5 Å². The molecule has 0 spiro atoms. The fraction of sp³-hybridized carbons (Fsp3) is 0.133. The van der Waals surface area contributed by atoms with Crippen molar-refractivity contribution >= 4 is 32.6 Å². The number of rotatable bonds is 5. The van der Waals surface area contributed by atoms with Gasteiger partial charge >= 0.3 is 0 Å². The van der Waals surface area contributed by atoms with Crippen LogP contribution in [0.25, 0.3) is 10.2 Å². The third-order valence-corrected chi connectivity index (χ3v) is 7.73. The van der Waals surface area contributed by atoms with Crippen molar-refractivity contribution in [3.8, 4) is 17.2 Å². The lowest BCUT2D eigenvalue weighted by atomic mass is 9.87. The van der Waals surface area contributed by atoms with Gasteiger partial charge in [0, 0.05) is 11.1 Å². The number of thiazole rings is 1. The number of amides is 1. The van der Waals surface area contributed by atoms with Gasteiger partial charge < -0.3 is 9.47 Å². The second-order valence-corrected chi connectivity index (χ2v) is 9.76. The summed E-state index contributed by atoms with van der Waals surface area (Å²) in [5, 5.41) is 0.646. The van der Waals surface area contributed by atoms with Crippen molar-refractivity contribution in [2.45, 2.75) is 19.4 Å². The molecule has 0 saturated heterocycles. The van der Waals surface area contributed by atoms with Crippen LogP contribution in [0.4, 0.5) is 5.13 Å². The van der Waals surface area contributed by atoms with Crippen LogP contribution >= 0.6 is 11.3 Å². The van der Waals surface area contributed by atoms with Crippen molar-refractivity contribution in [2.75, 3.05) is 12.0 Å². The van der Waals surface area contributed by atoms with Crippen LogP contribution < -0.4 is 14.4 Å². The standard InChI is InChI=1S/C30H24N2O3S/c1-19-16-17-25(34-2)27-28(19)36-30(31-27)32(18-20-10-4-3-5-11-20)29(33)26-21-12-6-8-14-23(21)35-24-15-9-7-13-22(24)26/h3-17,26H,18H2,1-2H3. The van der Waals surface area contributed by atoms with E-state index >= 15 is 0 Å². The fourth-order valence-electron chi connectivity index (χ4n) is 4.72. The number of hydrogen-bond donors (Lipinski definition) is 0. The van der Waals surface area contributed by atoms with Gasteiger partial charge in [-0.2, -0.15) is 0 Å². The highest BCUT2D eigenvalue weighted by Crippen LogP contribution is 2.46. The summed E-state index contributed by atoms with van der Waals surface area (Å²) in [5.74, 6) is 1.56. The maximum Gasteiger partial charge on any atom is 0.241 e. The van der Waals surface area contributed by atoms with Crippen LogP contribution in [-0.2, 0) is 11.3 Å². The Balaban J connectivity index is 1.52. The molecule has 0 N–H and O–H groups in total. The summed E-state index contributed by atoms with van der Waals surface area (Å²) in [6.45, 7) is 2.46. The van der Waals surface area contributed by atoms with Crippen LogP contribution in [-0.4, -0.2) is 18.0 Å². The number of para-hydroxylation sites is 2. The number of aryl methyl sites for hydroxylation is 1. The van der Waals surface area contributed by atoms with Gasteiger partial charge in [0.05, 0.1) is 24.3 Å². The van der Waals surface area contributed by atoms with E-state index in [9.17, 15) is 4.79 Å². The lowest BCUT2D eigenvalue weighted by Gasteiger charge is -2.31. The topological polar surface area (TPSA) is 51.7 Å². The minimum atomic E-state index is -0.509. The smallest absolute Gasteiger partial charge is 0.241 e. The lowest BCUT2D eigenvalue weighted by Crippen LogP contribution is -2.36. The van der Waals surface area contributed by atoms with Crippen LogP contribution in [0, 0.1) is 6.92 Å². The van der Waals surface area contributed by atoms with Gasteiger partial charge in [0.1, 0.15) is 22.8 Å². The number of benzene rings is 4. The molecule has 5 aromatic rings. The molecule has 178 valence electrons. The third kappa shape index (κ3) is 3.80. The third-order valence-electron chi connectivity index (χ3n) is 6.52. The minimum absolute atomic E-state index is 0.0438. The van der Waals surface area contributed by atoms with Crippen molar-refractivity contribution in [2.24, 2.45) is 0 Å². The maximum absolute atomic E-state index is 14.6. The molecule has 0 fully saturated rings. The van der Waals surface area contributed by atoms with Gasteiger partial charge in [0.15, 0.2) is 5.13 Å². The van der Waals surface area contributed by atoms with Gasteiger partial charge in [-0.1, -0.05) is 84.1 Å². The molecule has 0 bridgehead atoms. The van der Waals surface area contributed by atoms with Crippen molar-refractivity contribution in [1.82, 2.24) is 4.98 Å². The van der Waals surface area contributed by atoms with E-state index in [-0.39, 0.29) is 5.91 Å². The van der Waals surface area contributed by atoms with Crippen molar-refractivity contribution in [3.05, 3.63) is 113 Å². The molecule has 1 amide bonds. The Bertz CT molecular complexity index is 1530. The van der Waals surface area contributed by atoms with Gasteiger partial charge in [-0.05, 0) is 36.2 Å². The van der Waals surface area contributed by atoms with Crippen molar-refractivity contribution in [3.63, 3.8) is 0 Å². The molecule has 1 aliphatic rings. The zero-order valence-corrected chi connectivity index (χ0v) is 20.8. The molecule has 0 atom stereocenters. The highest BCUT2D eigenvalue weighted by Gasteiger charge is 2.36. The Morgan fingerprint density at radius 3 is 2.22 bits per heavy atom. The average Bonchev–Trinajstić information content (AvgIpc) is 3.37. The van der Waals surface area contributed by atoms with E-state index in [2.05, 4.69) is 6.92 Å². The van der Waals surface area contributed by atoms with E-state index in [0.29, 0.717) is 28.9 Å². The minimum Gasteiger partial charge on any atom is -0.494 e. The molecule has 36 heavy (non-hydrogen) atoms. The van der Waals surface area contributed by atoms with Gasteiger partial charge in [-0.25, -0.2) is 4.98 Å². The molecular weight excluding hydrogens is 468 g/mol. The van der Waals surface area contributed by atoms with E-state index in [1.807, 2.05) is 95.9 Å². The molecule has 5 nitrogen and oxygen atoms in total. The molecular formula is C30H24N2O3S. The Labute approximate surface area is 213 Å². The first kappa shape index (κ1) is 22.3. The van der Waals surface area contributed by atoms with Gasteiger partial charge in [0.2, 0.25) is 5.91 Å². The summed E-state index contributed by atoms with van der Waals surface area (Å²) < 4.78 is 12.8. The summed E-state index contributed by atoms with van der Waals surface area (Å²) in [6.07, 6.45) is 0. The highest BCUT2D eigenvalue weighted by molar-refractivity contribution is 7.22. The van der Waals surface area contributed by atoms with E-state index < -0.39 is 5.92 Å². The zero-order valence-electron chi connectivity index (χ0n) is 20.0. The molecule has 4 aromatic carbocycles. The van der Waals surface area contributed by atoms with E-state index in [4.69, 9.17) is 14.5 Å². The van der Waals surface area contributed by atoms with Crippen LogP contribution in [0.3, 0.4) is 0 Å². The summed E-state index contributed by atoms with van der Waals surface area (Å²) in [5.41, 5.74) is 4.62. The predicted molar refractivity (Wildman–Crippen MR) is 143 cm³/mol. The Kier molecular flexibility index (Phi) is 5.66. The Morgan fingerprint density at radius 1 is 0.917 bits per heavy atom.